The number of aryl methyl sites for hydroxylation is 1. The van der Waals surface area contributed by atoms with Crippen molar-refractivity contribution in [3.8, 4) is 5.69 Å². The molecule has 120 valence electrons. The lowest BCUT2D eigenvalue weighted by atomic mass is 10.0. The van der Waals surface area contributed by atoms with E-state index in [2.05, 4.69) is 10.4 Å². The molecule has 2 fully saturated rings. The van der Waals surface area contributed by atoms with E-state index in [1.807, 2.05) is 19.1 Å². The van der Waals surface area contributed by atoms with Crippen LogP contribution in [0.3, 0.4) is 0 Å². The first kappa shape index (κ1) is 14.9. The van der Waals surface area contributed by atoms with Gasteiger partial charge in [-0.1, -0.05) is 17.7 Å². The van der Waals surface area contributed by atoms with Crippen molar-refractivity contribution < 1.29 is 14.3 Å². The lowest BCUT2D eigenvalue weighted by Crippen LogP contribution is -2.37. The van der Waals surface area contributed by atoms with Crippen LogP contribution in [-0.2, 0) is 14.3 Å². The number of Topliss-reactive ketones (excluding diaryl/α,β-unsaturated/α-hetero) is 1. The Bertz CT molecular complexity index is 849. The van der Waals surface area contributed by atoms with Crippen LogP contribution in [0.2, 0.25) is 5.02 Å². The largest absolute Gasteiger partial charge is 0.343 e. The number of tetrazole rings is 1. The van der Waals surface area contributed by atoms with Crippen LogP contribution in [0.25, 0.3) is 5.69 Å². The molecule has 3 atom stereocenters. The van der Waals surface area contributed by atoms with Gasteiger partial charge in [0.2, 0.25) is 11.1 Å². The van der Waals surface area contributed by atoms with Crippen molar-refractivity contribution in [1.82, 2.24) is 19.8 Å². The van der Waals surface area contributed by atoms with Gasteiger partial charge in [0.05, 0.1) is 18.3 Å². The summed E-state index contributed by atoms with van der Waals surface area (Å²) in [5.74, 6) is -0.0985. The minimum atomic E-state index is -0.739. The van der Waals surface area contributed by atoms with E-state index in [1.54, 1.807) is 10.7 Å². The van der Waals surface area contributed by atoms with E-state index in [1.165, 1.54) is 4.68 Å². The number of benzene rings is 1. The first-order chi connectivity index (χ1) is 11.0. The molecule has 7 nitrogen and oxygen atoms in total. The van der Waals surface area contributed by atoms with Crippen LogP contribution in [0.1, 0.15) is 18.0 Å². The third kappa shape index (κ3) is 2.42. The van der Waals surface area contributed by atoms with Crippen molar-refractivity contribution in [1.29, 1.82) is 0 Å². The van der Waals surface area contributed by atoms with E-state index in [0.717, 1.165) is 11.3 Å². The Morgan fingerprint density at radius 1 is 1.39 bits per heavy atom. The predicted octanol–water partition coefficient (Wildman–Crippen LogP) is 2.02. The zero-order chi connectivity index (χ0) is 16.1. The Morgan fingerprint density at radius 3 is 3.00 bits per heavy atom. The highest BCUT2D eigenvalue weighted by atomic mass is 35.5. The van der Waals surface area contributed by atoms with Gasteiger partial charge in [-0.05, 0) is 47.3 Å². The summed E-state index contributed by atoms with van der Waals surface area (Å²) >= 11 is 11.6. The minimum Gasteiger partial charge on any atom is -0.343 e. The van der Waals surface area contributed by atoms with Crippen LogP contribution in [0.15, 0.2) is 18.2 Å². The van der Waals surface area contributed by atoms with Crippen LogP contribution >= 0.6 is 23.8 Å². The van der Waals surface area contributed by atoms with Crippen LogP contribution in [0.5, 0.6) is 0 Å². The highest BCUT2D eigenvalue weighted by molar-refractivity contribution is 7.71. The molecule has 1 aromatic carbocycles. The molecule has 2 aliphatic heterocycles. The minimum absolute atomic E-state index is 0.0985. The van der Waals surface area contributed by atoms with Crippen molar-refractivity contribution in [3.05, 3.63) is 33.6 Å². The number of halogens is 1. The van der Waals surface area contributed by atoms with E-state index >= 15 is 0 Å². The zero-order valence-corrected chi connectivity index (χ0v) is 13.8. The molecular formula is C14H13ClN4O3S. The van der Waals surface area contributed by atoms with Crippen LogP contribution in [0.4, 0.5) is 0 Å². The van der Waals surface area contributed by atoms with Gasteiger partial charge < -0.3 is 9.47 Å². The number of hydrogen-bond acceptors (Lipinski definition) is 6. The molecule has 2 aliphatic rings. The van der Waals surface area contributed by atoms with Crippen molar-refractivity contribution in [2.75, 3.05) is 6.61 Å². The monoisotopic (exact) mass is 352 g/mol. The predicted molar refractivity (Wildman–Crippen MR) is 83.2 cm³/mol. The second kappa shape index (κ2) is 5.48. The SMILES string of the molecule is Cc1ccc(-n2nnn([C@@H]3CC(=O)[C@@H]4OC[C@H]3O4)c2=S)cc1Cl. The maximum atomic E-state index is 11.9. The first-order valence-corrected chi connectivity index (χ1v) is 7.94. The quantitative estimate of drug-likeness (QED) is 0.770. The van der Waals surface area contributed by atoms with Gasteiger partial charge in [-0.15, -0.1) is 0 Å². The molecule has 4 rings (SSSR count). The van der Waals surface area contributed by atoms with Gasteiger partial charge in [-0.25, -0.2) is 4.68 Å². The van der Waals surface area contributed by atoms with E-state index in [4.69, 9.17) is 33.3 Å². The van der Waals surface area contributed by atoms with Gasteiger partial charge in [0.25, 0.3) is 0 Å². The summed E-state index contributed by atoms with van der Waals surface area (Å²) in [6.45, 7) is 2.27. The molecule has 0 saturated carbocycles. The van der Waals surface area contributed by atoms with Gasteiger partial charge in [-0.2, -0.15) is 4.68 Å². The molecule has 0 radical (unpaired) electrons. The van der Waals surface area contributed by atoms with Crippen molar-refractivity contribution in [3.63, 3.8) is 0 Å². The number of fused-ring (bicyclic) bond motifs is 2. The molecular weight excluding hydrogens is 340 g/mol. The average molecular weight is 353 g/mol. The lowest BCUT2D eigenvalue weighted by Gasteiger charge is -2.25. The van der Waals surface area contributed by atoms with E-state index < -0.39 is 6.29 Å². The zero-order valence-electron chi connectivity index (χ0n) is 12.2. The van der Waals surface area contributed by atoms with E-state index in [0.29, 0.717) is 16.4 Å². The van der Waals surface area contributed by atoms with E-state index in [9.17, 15) is 4.79 Å². The highest BCUT2D eigenvalue weighted by Gasteiger charge is 2.45. The Morgan fingerprint density at radius 2 is 2.22 bits per heavy atom. The second-order valence-electron chi connectivity index (χ2n) is 5.63. The molecule has 2 bridgehead atoms. The number of carbonyl (C=O) groups excluding carboxylic acids is 1. The number of nitrogens with zero attached hydrogens (tertiary/aromatic N) is 4. The summed E-state index contributed by atoms with van der Waals surface area (Å²) in [4.78, 5) is 11.9. The van der Waals surface area contributed by atoms with Crippen molar-refractivity contribution >= 4 is 29.6 Å². The maximum absolute atomic E-state index is 11.9. The third-order valence-corrected chi connectivity index (χ3v) is 4.90. The summed E-state index contributed by atoms with van der Waals surface area (Å²) in [5, 5.41) is 8.84. The van der Waals surface area contributed by atoms with E-state index in [-0.39, 0.29) is 24.3 Å². The Hall–Kier alpha value is -1.61. The molecule has 2 aromatic rings. The fourth-order valence-electron chi connectivity index (χ4n) is 2.81. The van der Waals surface area contributed by atoms with Crippen LogP contribution in [-0.4, -0.2) is 44.6 Å². The van der Waals surface area contributed by atoms with Crippen molar-refractivity contribution in [2.45, 2.75) is 31.8 Å². The molecule has 0 N–H and O–H groups in total. The Kier molecular flexibility index (Phi) is 3.56. The molecule has 3 heterocycles. The van der Waals surface area contributed by atoms with Gasteiger partial charge in [-0.3, -0.25) is 4.79 Å². The Balaban J connectivity index is 1.72. The van der Waals surface area contributed by atoms with Gasteiger partial charge in [0, 0.05) is 11.4 Å². The van der Waals surface area contributed by atoms with Gasteiger partial charge in [0.15, 0.2) is 5.78 Å². The Labute approximate surface area is 141 Å². The highest BCUT2D eigenvalue weighted by Crippen LogP contribution is 2.32. The molecule has 9 heteroatoms. The standard InChI is InChI=1S/C14H13ClN4O3S/c1-7-2-3-8(4-9(7)15)18-14(23)19(17-16-18)10-5-11(20)13-21-6-12(10)22-13/h2-4,10,12-13H,5-6H2,1H3/t10-,12-,13-/m1/s1. The number of carbonyl (C=O) groups is 1. The molecule has 0 aliphatic carbocycles. The summed E-state index contributed by atoms with van der Waals surface area (Å²) in [7, 11) is 0. The maximum Gasteiger partial charge on any atom is 0.221 e. The van der Waals surface area contributed by atoms with Gasteiger partial charge >= 0.3 is 0 Å². The molecule has 2 saturated heterocycles. The average Bonchev–Trinajstić information content (AvgIpc) is 3.12. The number of hydrogen-bond donors (Lipinski definition) is 0. The summed E-state index contributed by atoms with van der Waals surface area (Å²) in [6, 6.07) is 5.24. The number of aromatic nitrogens is 4. The number of rotatable bonds is 2. The molecule has 0 spiro atoms. The topological polar surface area (TPSA) is 71.2 Å². The number of ether oxygens (including phenoxy) is 2. The second-order valence-corrected chi connectivity index (χ2v) is 6.40. The molecule has 0 amide bonds. The van der Waals surface area contributed by atoms with Crippen molar-refractivity contribution in [2.24, 2.45) is 0 Å². The van der Waals surface area contributed by atoms with Gasteiger partial charge in [0.1, 0.15) is 6.10 Å². The fourth-order valence-corrected chi connectivity index (χ4v) is 3.30. The molecule has 23 heavy (non-hydrogen) atoms. The number of ketones is 1. The van der Waals surface area contributed by atoms with Crippen LogP contribution in [0, 0.1) is 11.7 Å². The third-order valence-electron chi connectivity index (χ3n) is 4.13. The summed E-state index contributed by atoms with van der Waals surface area (Å²) in [5.41, 5.74) is 1.69. The van der Waals surface area contributed by atoms with Crippen LogP contribution < -0.4 is 0 Å². The smallest absolute Gasteiger partial charge is 0.221 e. The summed E-state index contributed by atoms with van der Waals surface area (Å²) < 4.78 is 14.3. The molecule has 1 aromatic heterocycles. The molecule has 0 unspecified atom stereocenters. The summed E-state index contributed by atoms with van der Waals surface area (Å²) in [6.07, 6.45) is -0.704. The normalized spacial score (nSPS) is 26.7. The lowest BCUT2D eigenvalue weighted by molar-refractivity contribution is -0.156. The first-order valence-electron chi connectivity index (χ1n) is 7.15. The fraction of sp³-hybridized carbons (Fsp3) is 0.429.